The van der Waals surface area contributed by atoms with Gasteiger partial charge >= 0.3 is 0 Å². The molecule has 128 valence electrons. The number of primary amides is 1. The maximum absolute atomic E-state index is 12.2. The first-order valence-corrected chi connectivity index (χ1v) is 8.18. The Bertz CT molecular complexity index is 512. The number of benzene rings is 1. The predicted octanol–water partition coefficient (Wildman–Crippen LogP) is 2.74. The van der Waals surface area contributed by atoms with Gasteiger partial charge in [0.1, 0.15) is 11.8 Å². The fourth-order valence-corrected chi connectivity index (χ4v) is 2.07. The molecule has 0 spiro atoms. The van der Waals surface area contributed by atoms with E-state index in [9.17, 15) is 9.59 Å². The number of carbonyl (C=O) groups is 2. The van der Waals surface area contributed by atoms with Crippen LogP contribution in [0.2, 0.25) is 0 Å². The van der Waals surface area contributed by atoms with Crippen molar-refractivity contribution in [3.63, 3.8) is 0 Å². The molecule has 1 aromatic carbocycles. The monoisotopic (exact) mass is 320 g/mol. The molecule has 2 amide bonds. The fraction of sp³-hybridized carbons (Fsp3) is 0.556. The highest BCUT2D eigenvalue weighted by Gasteiger charge is 2.23. The third-order valence-electron chi connectivity index (χ3n) is 3.89. The van der Waals surface area contributed by atoms with Crippen molar-refractivity contribution < 1.29 is 14.3 Å². The molecule has 0 aromatic heterocycles. The smallest absolute Gasteiger partial charge is 0.251 e. The molecule has 1 rings (SSSR count). The van der Waals surface area contributed by atoms with Gasteiger partial charge in [0.05, 0.1) is 6.61 Å². The van der Waals surface area contributed by atoms with Gasteiger partial charge in [-0.05, 0) is 42.5 Å². The molecule has 5 heteroatoms. The molecule has 0 heterocycles. The maximum Gasteiger partial charge on any atom is 0.251 e. The molecular weight excluding hydrogens is 292 g/mol. The van der Waals surface area contributed by atoms with Crippen molar-refractivity contribution in [1.82, 2.24) is 5.32 Å². The van der Waals surface area contributed by atoms with Crippen molar-refractivity contribution in [1.29, 1.82) is 0 Å². The summed E-state index contributed by atoms with van der Waals surface area (Å²) in [5, 5.41) is 2.71. The van der Waals surface area contributed by atoms with Gasteiger partial charge in [0.2, 0.25) is 5.91 Å². The zero-order valence-electron chi connectivity index (χ0n) is 14.5. The Hall–Kier alpha value is -2.04. The van der Waals surface area contributed by atoms with E-state index in [2.05, 4.69) is 19.2 Å². The Kier molecular flexibility index (Phi) is 7.59. The zero-order valence-corrected chi connectivity index (χ0v) is 14.5. The summed E-state index contributed by atoms with van der Waals surface area (Å²) in [6.07, 6.45) is 1.74. The van der Waals surface area contributed by atoms with Gasteiger partial charge in [0.15, 0.2) is 0 Å². The van der Waals surface area contributed by atoms with E-state index in [0.717, 1.165) is 18.6 Å². The van der Waals surface area contributed by atoms with Crippen molar-refractivity contribution >= 4 is 11.8 Å². The Morgan fingerprint density at radius 1 is 1.17 bits per heavy atom. The highest BCUT2D eigenvalue weighted by atomic mass is 16.5. The van der Waals surface area contributed by atoms with E-state index in [-0.39, 0.29) is 11.8 Å². The van der Waals surface area contributed by atoms with Gasteiger partial charge in [-0.1, -0.05) is 34.1 Å². The number of carbonyl (C=O) groups excluding carboxylic acids is 2. The molecule has 0 aliphatic heterocycles. The van der Waals surface area contributed by atoms with E-state index in [0.29, 0.717) is 18.1 Å². The number of amides is 2. The van der Waals surface area contributed by atoms with E-state index in [4.69, 9.17) is 10.5 Å². The van der Waals surface area contributed by atoms with E-state index in [1.165, 1.54) is 0 Å². The van der Waals surface area contributed by atoms with Gasteiger partial charge in [-0.3, -0.25) is 9.59 Å². The topological polar surface area (TPSA) is 81.4 Å². The SMILES string of the molecule is CCC(C)C(NC(=O)c1ccc(OCCC(C)C)cc1)C(N)=O. The summed E-state index contributed by atoms with van der Waals surface area (Å²) < 4.78 is 5.62. The molecule has 23 heavy (non-hydrogen) atoms. The van der Waals surface area contributed by atoms with Gasteiger partial charge in [-0.15, -0.1) is 0 Å². The number of rotatable bonds is 9. The van der Waals surface area contributed by atoms with Crippen LogP contribution in [0, 0.1) is 11.8 Å². The van der Waals surface area contributed by atoms with Gasteiger partial charge in [-0.2, -0.15) is 0 Å². The normalized spacial score (nSPS) is 13.4. The molecule has 0 saturated carbocycles. The molecule has 0 radical (unpaired) electrons. The number of hydrogen-bond donors (Lipinski definition) is 2. The largest absolute Gasteiger partial charge is 0.494 e. The summed E-state index contributed by atoms with van der Waals surface area (Å²) in [5.74, 6) is 0.501. The minimum absolute atomic E-state index is 0.00455. The van der Waals surface area contributed by atoms with Gasteiger partial charge in [0.25, 0.3) is 5.91 Å². The molecule has 2 unspecified atom stereocenters. The van der Waals surface area contributed by atoms with Crippen molar-refractivity contribution in [2.75, 3.05) is 6.61 Å². The van der Waals surface area contributed by atoms with Crippen molar-refractivity contribution in [3.05, 3.63) is 29.8 Å². The number of ether oxygens (including phenoxy) is 1. The first-order chi connectivity index (χ1) is 10.8. The highest BCUT2D eigenvalue weighted by Crippen LogP contribution is 2.14. The molecule has 1 aromatic rings. The predicted molar refractivity (Wildman–Crippen MR) is 91.3 cm³/mol. The minimum Gasteiger partial charge on any atom is -0.494 e. The van der Waals surface area contributed by atoms with Crippen molar-refractivity contribution in [2.24, 2.45) is 17.6 Å². The quantitative estimate of drug-likeness (QED) is 0.734. The summed E-state index contributed by atoms with van der Waals surface area (Å²) >= 11 is 0. The number of hydrogen-bond acceptors (Lipinski definition) is 3. The summed E-state index contributed by atoms with van der Waals surface area (Å²) in [6.45, 7) is 8.78. The van der Waals surface area contributed by atoms with Crippen LogP contribution in [0.25, 0.3) is 0 Å². The molecule has 0 aliphatic rings. The first kappa shape index (κ1) is 19.0. The molecule has 0 fully saturated rings. The second-order valence-corrected chi connectivity index (χ2v) is 6.29. The first-order valence-electron chi connectivity index (χ1n) is 8.18. The summed E-state index contributed by atoms with van der Waals surface area (Å²) in [4.78, 5) is 23.7. The average Bonchev–Trinajstić information content (AvgIpc) is 2.51. The second-order valence-electron chi connectivity index (χ2n) is 6.29. The Morgan fingerprint density at radius 3 is 2.26 bits per heavy atom. The van der Waals surface area contributed by atoms with Gasteiger partial charge in [0, 0.05) is 5.56 Å². The molecule has 0 aliphatic carbocycles. The maximum atomic E-state index is 12.2. The van der Waals surface area contributed by atoms with Crippen LogP contribution in [-0.4, -0.2) is 24.5 Å². The van der Waals surface area contributed by atoms with E-state index in [1.807, 2.05) is 13.8 Å². The summed E-state index contributed by atoms with van der Waals surface area (Å²) in [7, 11) is 0. The number of nitrogens with two attached hydrogens (primary N) is 1. The van der Waals surface area contributed by atoms with Crippen LogP contribution in [0.3, 0.4) is 0 Å². The van der Waals surface area contributed by atoms with Crippen LogP contribution in [0.15, 0.2) is 24.3 Å². The Balaban J connectivity index is 2.64. The lowest BCUT2D eigenvalue weighted by Crippen LogP contribution is -2.48. The third kappa shape index (κ3) is 6.30. The van der Waals surface area contributed by atoms with Crippen LogP contribution in [0.1, 0.15) is 50.9 Å². The lowest BCUT2D eigenvalue weighted by Gasteiger charge is -2.21. The molecule has 2 atom stereocenters. The Labute approximate surface area is 138 Å². The van der Waals surface area contributed by atoms with Gasteiger partial charge < -0.3 is 15.8 Å². The molecule has 0 saturated heterocycles. The fourth-order valence-electron chi connectivity index (χ4n) is 2.07. The number of nitrogens with one attached hydrogen (secondary N) is 1. The molecule has 0 bridgehead atoms. The Morgan fingerprint density at radius 2 is 1.78 bits per heavy atom. The van der Waals surface area contributed by atoms with E-state index < -0.39 is 11.9 Å². The molecular formula is C18H28N2O3. The van der Waals surface area contributed by atoms with Crippen molar-refractivity contribution in [2.45, 2.75) is 46.6 Å². The zero-order chi connectivity index (χ0) is 17.4. The summed E-state index contributed by atoms with van der Waals surface area (Å²) in [5.41, 5.74) is 5.85. The highest BCUT2D eigenvalue weighted by molar-refractivity contribution is 5.97. The minimum atomic E-state index is -0.658. The summed E-state index contributed by atoms with van der Waals surface area (Å²) in [6, 6.07) is 6.24. The van der Waals surface area contributed by atoms with Crippen LogP contribution in [0.5, 0.6) is 5.75 Å². The van der Waals surface area contributed by atoms with E-state index in [1.54, 1.807) is 24.3 Å². The van der Waals surface area contributed by atoms with Crippen LogP contribution in [-0.2, 0) is 4.79 Å². The third-order valence-corrected chi connectivity index (χ3v) is 3.89. The lowest BCUT2D eigenvalue weighted by molar-refractivity contribution is -0.120. The standard InChI is InChI=1S/C18H28N2O3/c1-5-13(4)16(17(19)21)20-18(22)14-6-8-15(9-7-14)23-11-10-12(2)3/h6-9,12-13,16H,5,10-11H2,1-4H3,(H2,19,21)(H,20,22). The van der Waals surface area contributed by atoms with Gasteiger partial charge in [-0.25, -0.2) is 0 Å². The second kappa shape index (κ2) is 9.18. The lowest BCUT2D eigenvalue weighted by atomic mass is 9.98. The average molecular weight is 320 g/mol. The molecule has 3 N–H and O–H groups in total. The van der Waals surface area contributed by atoms with Crippen LogP contribution < -0.4 is 15.8 Å². The molecule has 5 nitrogen and oxygen atoms in total. The van der Waals surface area contributed by atoms with E-state index >= 15 is 0 Å². The van der Waals surface area contributed by atoms with Crippen LogP contribution >= 0.6 is 0 Å². The van der Waals surface area contributed by atoms with Crippen molar-refractivity contribution in [3.8, 4) is 5.75 Å². The van der Waals surface area contributed by atoms with Crippen LogP contribution in [0.4, 0.5) is 0 Å².